The molecule has 0 radical (unpaired) electrons. The molecule has 0 unspecified atom stereocenters. The van der Waals surface area contributed by atoms with E-state index in [9.17, 15) is 16.8 Å². The van der Waals surface area contributed by atoms with Crippen LogP contribution in [0, 0.1) is 0 Å². The first-order valence-electron chi connectivity index (χ1n) is 8.97. The number of hydrogen-bond donors (Lipinski definition) is 1. The smallest absolute Gasteiger partial charge is 0.194 e. The molecule has 0 atom stereocenters. The lowest BCUT2D eigenvalue weighted by Gasteiger charge is -2.31. The average Bonchev–Trinajstić information content (AvgIpc) is 2.66. The van der Waals surface area contributed by atoms with Crippen LogP contribution in [0.1, 0.15) is 22.3 Å². The summed E-state index contributed by atoms with van der Waals surface area (Å²) in [5.41, 5.74) is 3.87. The Morgan fingerprint density at radius 2 is 1.10 bits per heavy atom. The van der Waals surface area contributed by atoms with Gasteiger partial charge < -0.3 is 0 Å². The molecule has 2 aromatic rings. The van der Waals surface area contributed by atoms with Crippen molar-refractivity contribution >= 4 is 52.3 Å². The lowest BCUT2D eigenvalue weighted by Crippen LogP contribution is -2.51. The molecule has 2 aliphatic rings. The quantitative estimate of drug-likeness (QED) is 0.618. The van der Waals surface area contributed by atoms with Gasteiger partial charge in [-0.25, -0.2) is 0 Å². The SMILES string of the molecule is O=S(=O)(NS(=O)(=O)N1CCc2ccc(Br)cc2C1)N1CCc2ccc(Br)cc2C1. The first-order chi connectivity index (χ1) is 13.6. The molecule has 0 aromatic heterocycles. The molecule has 0 amide bonds. The van der Waals surface area contributed by atoms with E-state index >= 15 is 0 Å². The maximum atomic E-state index is 12.8. The Balaban J connectivity index is 1.52. The maximum Gasteiger partial charge on any atom is 0.293 e. The Morgan fingerprint density at radius 3 is 1.52 bits per heavy atom. The Hall–Kier alpha value is -0.820. The minimum absolute atomic E-state index is 0.134. The number of rotatable bonds is 4. The summed E-state index contributed by atoms with van der Waals surface area (Å²) >= 11 is 6.78. The Morgan fingerprint density at radius 1 is 0.690 bits per heavy atom. The monoisotopic (exact) mass is 563 g/mol. The highest BCUT2D eigenvalue weighted by atomic mass is 79.9. The van der Waals surface area contributed by atoms with E-state index in [-0.39, 0.29) is 26.2 Å². The van der Waals surface area contributed by atoms with E-state index in [0.29, 0.717) is 12.8 Å². The number of fused-ring (bicyclic) bond motifs is 2. The van der Waals surface area contributed by atoms with Crippen molar-refractivity contribution in [1.82, 2.24) is 12.7 Å². The number of nitrogens with one attached hydrogen (secondary N) is 1. The van der Waals surface area contributed by atoms with Gasteiger partial charge in [-0.3, -0.25) is 0 Å². The van der Waals surface area contributed by atoms with Gasteiger partial charge in [0.25, 0.3) is 20.4 Å². The van der Waals surface area contributed by atoms with Crippen LogP contribution >= 0.6 is 31.9 Å². The zero-order valence-corrected chi connectivity index (χ0v) is 20.1. The lowest BCUT2D eigenvalue weighted by molar-refractivity contribution is 0.375. The summed E-state index contributed by atoms with van der Waals surface area (Å²) in [6, 6.07) is 11.5. The Kier molecular flexibility index (Phi) is 5.93. The van der Waals surface area contributed by atoms with Gasteiger partial charge >= 0.3 is 0 Å². The first-order valence-corrected chi connectivity index (χ1v) is 13.4. The molecule has 2 heterocycles. The highest BCUT2D eigenvalue weighted by molar-refractivity contribution is 9.10. The van der Waals surface area contributed by atoms with Crippen molar-refractivity contribution in [2.75, 3.05) is 13.1 Å². The van der Waals surface area contributed by atoms with Gasteiger partial charge in [0.05, 0.1) is 0 Å². The van der Waals surface area contributed by atoms with Crippen molar-refractivity contribution < 1.29 is 16.8 Å². The van der Waals surface area contributed by atoms with Crippen molar-refractivity contribution in [3.63, 3.8) is 0 Å². The third-order valence-corrected chi connectivity index (χ3v) is 9.84. The largest absolute Gasteiger partial charge is 0.293 e. The van der Waals surface area contributed by atoms with Gasteiger partial charge in [-0.05, 0) is 59.4 Å². The van der Waals surface area contributed by atoms with E-state index in [1.165, 1.54) is 8.61 Å². The van der Waals surface area contributed by atoms with Crippen LogP contribution in [0.4, 0.5) is 0 Å². The molecule has 0 fully saturated rings. The van der Waals surface area contributed by atoms with Crippen molar-refractivity contribution in [3.05, 3.63) is 67.6 Å². The van der Waals surface area contributed by atoms with Crippen LogP contribution in [0.25, 0.3) is 0 Å². The molecule has 0 saturated heterocycles. The first kappa shape index (κ1) is 21.4. The van der Waals surface area contributed by atoms with E-state index < -0.39 is 20.4 Å². The van der Waals surface area contributed by atoms with Gasteiger partial charge in [-0.2, -0.15) is 25.4 Å². The molecule has 1 N–H and O–H groups in total. The highest BCUT2D eigenvalue weighted by Gasteiger charge is 2.35. The topological polar surface area (TPSA) is 86.8 Å². The molecule has 4 rings (SSSR count). The predicted octanol–water partition coefficient (Wildman–Crippen LogP) is 2.71. The molecule has 0 saturated carbocycles. The molecule has 156 valence electrons. The zero-order valence-electron chi connectivity index (χ0n) is 15.3. The molecule has 0 aliphatic carbocycles. The Labute approximate surface area is 187 Å². The molecule has 11 heteroatoms. The van der Waals surface area contributed by atoms with Gasteiger partial charge in [0.1, 0.15) is 0 Å². The molecular formula is C18H19Br2N3O4S2. The van der Waals surface area contributed by atoms with Crippen LogP contribution < -0.4 is 4.13 Å². The van der Waals surface area contributed by atoms with Gasteiger partial charge in [-0.1, -0.05) is 48.1 Å². The highest BCUT2D eigenvalue weighted by Crippen LogP contribution is 2.26. The van der Waals surface area contributed by atoms with Crippen molar-refractivity contribution in [1.29, 1.82) is 0 Å². The maximum absolute atomic E-state index is 12.8. The average molecular weight is 565 g/mol. The second kappa shape index (κ2) is 8.03. The predicted molar refractivity (Wildman–Crippen MR) is 117 cm³/mol. The van der Waals surface area contributed by atoms with E-state index in [4.69, 9.17) is 0 Å². The molecule has 29 heavy (non-hydrogen) atoms. The molecule has 0 bridgehead atoms. The van der Waals surface area contributed by atoms with E-state index in [1.807, 2.05) is 40.5 Å². The summed E-state index contributed by atoms with van der Waals surface area (Å²) in [5.74, 6) is 0. The van der Waals surface area contributed by atoms with E-state index in [2.05, 4.69) is 31.9 Å². The zero-order chi connectivity index (χ0) is 20.8. The van der Waals surface area contributed by atoms with Gasteiger partial charge in [0, 0.05) is 35.1 Å². The third kappa shape index (κ3) is 4.60. The summed E-state index contributed by atoms with van der Waals surface area (Å²) < 4.78 is 57.3. The van der Waals surface area contributed by atoms with Crippen LogP contribution in [0.15, 0.2) is 45.3 Å². The van der Waals surface area contributed by atoms with Gasteiger partial charge in [0.2, 0.25) is 0 Å². The second-order valence-corrected chi connectivity index (χ2v) is 12.5. The molecular weight excluding hydrogens is 546 g/mol. The summed E-state index contributed by atoms with van der Waals surface area (Å²) in [5, 5.41) is 0. The fourth-order valence-corrected chi connectivity index (χ4v) is 7.65. The molecule has 0 spiro atoms. The molecule has 7 nitrogen and oxygen atoms in total. The van der Waals surface area contributed by atoms with Crippen LogP contribution in [0.5, 0.6) is 0 Å². The summed E-state index contributed by atoms with van der Waals surface area (Å²) in [6.45, 7) is 0.731. The second-order valence-electron chi connectivity index (χ2n) is 7.09. The minimum atomic E-state index is -4.20. The number of nitrogens with zero attached hydrogens (tertiary/aromatic N) is 2. The van der Waals surface area contributed by atoms with Crippen LogP contribution in [0.2, 0.25) is 0 Å². The summed E-state index contributed by atoms with van der Waals surface area (Å²) in [7, 11) is -8.40. The van der Waals surface area contributed by atoms with Crippen molar-refractivity contribution in [2.24, 2.45) is 0 Å². The fourth-order valence-electron chi connectivity index (χ4n) is 3.65. The van der Waals surface area contributed by atoms with Crippen LogP contribution in [-0.2, 0) is 46.3 Å². The Bertz CT molecular complexity index is 1080. The standard InChI is InChI=1S/C18H19Br2N3O4S2/c19-17-3-1-13-5-7-22(11-15(13)9-17)28(24,25)21-29(26,27)23-8-6-14-2-4-18(20)10-16(14)12-23/h1-4,9-10,21H,5-8,11-12H2. The number of halogens is 2. The summed E-state index contributed by atoms with van der Waals surface area (Å²) in [6.07, 6.45) is 1.07. The van der Waals surface area contributed by atoms with Crippen molar-refractivity contribution in [2.45, 2.75) is 25.9 Å². The normalized spacial score (nSPS) is 18.3. The number of benzene rings is 2. The van der Waals surface area contributed by atoms with Gasteiger partial charge in [-0.15, -0.1) is 0 Å². The van der Waals surface area contributed by atoms with E-state index in [0.717, 1.165) is 31.2 Å². The van der Waals surface area contributed by atoms with Crippen molar-refractivity contribution in [3.8, 4) is 0 Å². The fraction of sp³-hybridized carbons (Fsp3) is 0.333. The number of hydrogen-bond acceptors (Lipinski definition) is 4. The van der Waals surface area contributed by atoms with Gasteiger partial charge in [0.15, 0.2) is 0 Å². The molecule has 2 aromatic carbocycles. The lowest BCUT2D eigenvalue weighted by atomic mass is 10.0. The minimum Gasteiger partial charge on any atom is -0.194 e. The molecule has 2 aliphatic heterocycles. The third-order valence-electron chi connectivity index (χ3n) is 5.18. The van der Waals surface area contributed by atoms with E-state index in [1.54, 1.807) is 0 Å². The van der Waals surface area contributed by atoms with Crippen LogP contribution in [-0.4, -0.2) is 38.5 Å². The summed E-state index contributed by atoms with van der Waals surface area (Å²) in [4.78, 5) is 0. The van der Waals surface area contributed by atoms with Crippen LogP contribution in [0.3, 0.4) is 0 Å².